The van der Waals surface area contributed by atoms with Gasteiger partial charge in [-0.1, -0.05) is 0 Å². The zero-order chi connectivity index (χ0) is 10.0. The van der Waals surface area contributed by atoms with Crippen molar-refractivity contribution in [3.63, 3.8) is 0 Å². The maximum absolute atomic E-state index is 5.95. The molecule has 0 amide bonds. The smallest absolute Gasteiger partial charge is 0.177 e. The summed E-state index contributed by atoms with van der Waals surface area (Å²) < 4.78 is 11.7. The third-order valence-electron chi connectivity index (χ3n) is 2.96. The summed E-state index contributed by atoms with van der Waals surface area (Å²) in [5.74, 6) is 0.898. The molecule has 0 aromatic heterocycles. The van der Waals surface area contributed by atoms with E-state index in [2.05, 4.69) is 6.92 Å². The molecule has 0 bridgehead atoms. The second kappa shape index (κ2) is 4.39. The van der Waals surface area contributed by atoms with E-state index < -0.39 is 0 Å². The lowest BCUT2D eigenvalue weighted by Crippen LogP contribution is -2.37. The Labute approximate surface area is 89.7 Å². The molecule has 0 radical (unpaired) electrons. The number of ether oxygens (including phenoxy) is 2. The molecule has 3 atom stereocenters. The molecule has 3 nitrogen and oxygen atoms in total. The van der Waals surface area contributed by atoms with E-state index in [1.54, 1.807) is 0 Å². The van der Waals surface area contributed by atoms with Gasteiger partial charge in [0.1, 0.15) is 0 Å². The summed E-state index contributed by atoms with van der Waals surface area (Å²) in [7, 11) is 0. The third kappa shape index (κ3) is 2.08. The van der Waals surface area contributed by atoms with E-state index >= 15 is 0 Å². The first-order valence-corrected chi connectivity index (χ1v) is 6.43. The molecular formula is C10H19NO2S. The SMILES string of the molecule is CC1(C2CCCS2)OCC(CCN)O1. The monoisotopic (exact) mass is 217 g/mol. The Kier molecular flexibility index (Phi) is 3.37. The van der Waals surface area contributed by atoms with Crippen LogP contribution in [0.1, 0.15) is 26.2 Å². The van der Waals surface area contributed by atoms with Crippen LogP contribution in [0.15, 0.2) is 0 Å². The molecule has 0 aromatic carbocycles. The van der Waals surface area contributed by atoms with Crippen molar-refractivity contribution in [3.05, 3.63) is 0 Å². The molecule has 0 spiro atoms. The summed E-state index contributed by atoms with van der Waals surface area (Å²) in [5.41, 5.74) is 5.51. The first-order chi connectivity index (χ1) is 6.74. The maximum Gasteiger partial charge on any atom is 0.177 e. The van der Waals surface area contributed by atoms with Gasteiger partial charge in [0.05, 0.1) is 18.0 Å². The molecule has 2 rings (SSSR count). The van der Waals surface area contributed by atoms with Gasteiger partial charge in [-0.3, -0.25) is 0 Å². The summed E-state index contributed by atoms with van der Waals surface area (Å²) in [5, 5.41) is 0.519. The van der Waals surface area contributed by atoms with E-state index in [1.807, 2.05) is 11.8 Å². The Morgan fingerprint density at radius 3 is 3.07 bits per heavy atom. The largest absolute Gasteiger partial charge is 0.346 e. The summed E-state index contributed by atoms with van der Waals surface area (Å²) in [6, 6.07) is 0. The molecule has 82 valence electrons. The first kappa shape index (κ1) is 10.7. The molecule has 0 aromatic rings. The molecule has 2 aliphatic rings. The summed E-state index contributed by atoms with van der Waals surface area (Å²) in [6.07, 6.45) is 3.63. The fourth-order valence-corrected chi connectivity index (χ4v) is 3.52. The Morgan fingerprint density at radius 2 is 2.43 bits per heavy atom. The van der Waals surface area contributed by atoms with Gasteiger partial charge in [-0.05, 0) is 38.5 Å². The molecule has 2 saturated heterocycles. The van der Waals surface area contributed by atoms with Crippen molar-refractivity contribution >= 4 is 11.8 Å². The van der Waals surface area contributed by atoms with Gasteiger partial charge in [-0.15, -0.1) is 0 Å². The van der Waals surface area contributed by atoms with E-state index in [-0.39, 0.29) is 11.9 Å². The van der Waals surface area contributed by atoms with Crippen LogP contribution < -0.4 is 5.73 Å². The Morgan fingerprint density at radius 1 is 1.57 bits per heavy atom. The highest BCUT2D eigenvalue weighted by molar-refractivity contribution is 8.00. The van der Waals surface area contributed by atoms with Crippen molar-refractivity contribution in [2.24, 2.45) is 5.73 Å². The van der Waals surface area contributed by atoms with Crippen molar-refractivity contribution < 1.29 is 9.47 Å². The van der Waals surface area contributed by atoms with Gasteiger partial charge in [0.15, 0.2) is 5.79 Å². The molecule has 3 unspecified atom stereocenters. The molecule has 2 fully saturated rings. The van der Waals surface area contributed by atoms with Crippen LogP contribution in [0.25, 0.3) is 0 Å². The van der Waals surface area contributed by atoms with Gasteiger partial charge in [0, 0.05) is 0 Å². The summed E-state index contributed by atoms with van der Waals surface area (Å²) in [4.78, 5) is 0. The lowest BCUT2D eigenvalue weighted by molar-refractivity contribution is -0.153. The predicted octanol–water partition coefficient (Wildman–Crippen LogP) is 1.36. The lowest BCUT2D eigenvalue weighted by Gasteiger charge is -2.29. The molecule has 14 heavy (non-hydrogen) atoms. The molecule has 4 heteroatoms. The van der Waals surface area contributed by atoms with Gasteiger partial charge in [-0.25, -0.2) is 0 Å². The van der Waals surface area contributed by atoms with Crippen molar-refractivity contribution in [1.29, 1.82) is 0 Å². The number of hydrogen-bond donors (Lipinski definition) is 1. The van der Waals surface area contributed by atoms with Crippen LogP contribution in [-0.4, -0.2) is 36.0 Å². The Hall–Kier alpha value is 0.230. The average Bonchev–Trinajstić information content (AvgIpc) is 2.75. The number of nitrogens with two attached hydrogens (primary N) is 1. The zero-order valence-corrected chi connectivity index (χ0v) is 9.52. The molecule has 2 heterocycles. The van der Waals surface area contributed by atoms with Crippen molar-refractivity contribution in [2.75, 3.05) is 18.9 Å². The molecule has 2 aliphatic heterocycles. The molecule has 0 saturated carbocycles. The van der Waals surface area contributed by atoms with Gasteiger partial charge >= 0.3 is 0 Å². The van der Waals surface area contributed by atoms with E-state index in [1.165, 1.54) is 18.6 Å². The second-order valence-electron chi connectivity index (χ2n) is 4.15. The van der Waals surface area contributed by atoms with Crippen LogP contribution in [0.3, 0.4) is 0 Å². The van der Waals surface area contributed by atoms with Crippen molar-refractivity contribution in [2.45, 2.75) is 43.3 Å². The first-order valence-electron chi connectivity index (χ1n) is 5.38. The zero-order valence-electron chi connectivity index (χ0n) is 8.70. The van der Waals surface area contributed by atoms with E-state index in [0.717, 1.165) is 6.42 Å². The summed E-state index contributed by atoms with van der Waals surface area (Å²) >= 11 is 1.98. The van der Waals surface area contributed by atoms with Crippen LogP contribution in [0.2, 0.25) is 0 Å². The number of hydrogen-bond acceptors (Lipinski definition) is 4. The maximum atomic E-state index is 5.95. The van der Waals surface area contributed by atoms with Crippen LogP contribution >= 0.6 is 11.8 Å². The van der Waals surface area contributed by atoms with Crippen LogP contribution in [-0.2, 0) is 9.47 Å². The Balaban J connectivity index is 1.90. The highest BCUT2D eigenvalue weighted by Gasteiger charge is 2.44. The predicted molar refractivity (Wildman–Crippen MR) is 58.4 cm³/mol. The lowest BCUT2D eigenvalue weighted by atomic mass is 10.1. The van der Waals surface area contributed by atoms with Gasteiger partial charge < -0.3 is 15.2 Å². The number of thioether (sulfide) groups is 1. The van der Waals surface area contributed by atoms with E-state index in [9.17, 15) is 0 Å². The minimum atomic E-state index is -0.346. The van der Waals surface area contributed by atoms with E-state index in [4.69, 9.17) is 15.2 Å². The molecule has 2 N–H and O–H groups in total. The quantitative estimate of drug-likeness (QED) is 0.775. The summed E-state index contributed by atoms with van der Waals surface area (Å²) in [6.45, 7) is 3.47. The Bertz CT molecular complexity index is 197. The molecule has 0 aliphatic carbocycles. The highest BCUT2D eigenvalue weighted by atomic mass is 32.2. The third-order valence-corrected chi connectivity index (χ3v) is 4.55. The fourth-order valence-electron chi connectivity index (χ4n) is 2.15. The highest BCUT2D eigenvalue weighted by Crippen LogP contribution is 2.40. The van der Waals surface area contributed by atoms with Gasteiger partial charge in [0.25, 0.3) is 0 Å². The average molecular weight is 217 g/mol. The van der Waals surface area contributed by atoms with Crippen LogP contribution in [0, 0.1) is 0 Å². The second-order valence-corrected chi connectivity index (χ2v) is 5.46. The topological polar surface area (TPSA) is 44.5 Å². The fraction of sp³-hybridized carbons (Fsp3) is 1.00. The molecular weight excluding hydrogens is 198 g/mol. The normalized spacial score (nSPS) is 43.3. The van der Waals surface area contributed by atoms with Crippen LogP contribution in [0.5, 0.6) is 0 Å². The van der Waals surface area contributed by atoms with E-state index in [0.29, 0.717) is 18.4 Å². The van der Waals surface area contributed by atoms with Crippen molar-refractivity contribution in [1.82, 2.24) is 0 Å². The minimum absolute atomic E-state index is 0.214. The van der Waals surface area contributed by atoms with Gasteiger partial charge in [-0.2, -0.15) is 11.8 Å². The van der Waals surface area contributed by atoms with Crippen LogP contribution in [0.4, 0.5) is 0 Å². The van der Waals surface area contributed by atoms with Gasteiger partial charge in [0.2, 0.25) is 0 Å². The number of rotatable bonds is 3. The minimum Gasteiger partial charge on any atom is -0.346 e. The van der Waals surface area contributed by atoms with Crippen molar-refractivity contribution in [3.8, 4) is 0 Å². The standard InChI is InChI=1S/C10H19NO2S/c1-10(9-3-2-6-14-9)12-7-8(13-10)4-5-11/h8-9H,2-7,11H2,1H3.